The lowest BCUT2D eigenvalue weighted by atomic mass is 10.0. The maximum atomic E-state index is 11.6. The lowest BCUT2D eigenvalue weighted by molar-refractivity contribution is 0.0922. The van der Waals surface area contributed by atoms with E-state index in [1.165, 1.54) is 6.20 Å². The van der Waals surface area contributed by atoms with Crippen molar-refractivity contribution < 1.29 is 4.79 Å². The first-order valence-electron chi connectivity index (χ1n) is 4.31. The second-order valence-electron chi connectivity index (χ2n) is 3.04. The smallest absolute Gasteiger partial charge is 0.183 e. The number of hydrogen-bond donors (Lipinski definition) is 0. The number of ketones is 1. The van der Waals surface area contributed by atoms with Crippen molar-refractivity contribution in [3.63, 3.8) is 0 Å². The van der Waals surface area contributed by atoms with Crippen LogP contribution in [0.25, 0.3) is 0 Å². The molecule has 0 radical (unpaired) electrons. The van der Waals surface area contributed by atoms with Crippen molar-refractivity contribution in [2.75, 3.05) is 0 Å². The molecule has 0 fully saturated rings. The number of pyridine rings is 1. The highest BCUT2D eigenvalue weighted by Gasteiger charge is 2.13. The highest BCUT2D eigenvalue weighted by molar-refractivity contribution is 6.30. The van der Waals surface area contributed by atoms with E-state index < -0.39 is 0 Å². The van der Waals surface area contributed by atoms with Gasteiger partial charge in [-0.05, 0) is 18.6 Å². The topological polar surface area (TPSA) is 30.0 Å². The number of carbonyl (C=O) groups excluding carboxylic acids is 1. The van der Waals surface area contributed by atoms with Gasteiger partial charge in [0.05, 0.1) is 5.02 Å². The zero-order valence-corrected chi connectivity index (χ0v) is 8.51. The van der Waals surface area contributed by atoms with Crippen LogP contribution < -0.4 is 0 Å². The highest BCUT2D eigenvalue weighted by Crippen LogP contribution is 2.12. The highest BCUT2D eigenvalue weighted by atomic mass is 35.5. The predicted octanol–water partition coefficient (Wildman–Crippen LogP) is 2.96. The summed E-state index contributed by atoms with van der Waals surface area (Å²) in [6, 6.07) is 3.35. The predicted molar refractivity (Wildman–Crippen MR) is 53.0 cm³/mol. The molecule has 0 spiro atoms. The van der Waals surface area contributed by atoms with Gasteiger partial charge in [0, 0.05) is 12.1 Å². The van der Waals surface area contributed by atoms with Gasteiger partial charge in [-0.3, -0.25) is 9.78 Å². The van der Waals surface area contributed by atoms with Crippen LogP contribution in [0.3, 0.4) is 0 Å². The summed E-state index contributed by atoms with van der Waals surface area (Å²) in [4.78, 5) is 15.5. The number of halogens is 1. The van der Waals surface area contributed by atoms with Gasteiger partial charge >= 0.3 is 0 Å². The van der Waals surface area contributed by atoms with Crippen LogP contribution in [0.4, 0.5) is 0 Å². The van der Waals surface area contributed by atoms with E-state index >= 15 is 0 Å². The molecule has 0 bridgehead atoms. The van der Waals surface area contributed by atoms with E-state index in [9.17, 15) is 4.79 Å². The fourth-order valence-corrected chi connectivity index (χ4v) is 1.07. The molecule has 1 rings (SSSR count). The molecule has 1 aromatic heterocycles. The number of aromatic nitrogens is 1. The van der Waals surface area contributed by atoms with Gasteiger partial charge in [-0.15, -0.1) is 0 Å². The number of rotatable bonds is 3. The standard InChI is InChI=1S/C10H12ClNO/c1-3-7(2)10(13)9-5-4-8(11)6-12-9/h4-7H,3H2,1-2H3. The van der Waals surface area contributed by atoms with Crippen molar-refractivity contribution in [1.82, 2.24) is 4.98 Å². The van der Waals surface area contributed by atoms with E-state index in [2.05, 4.69) is 4.98 Å². The van der Waals surface area contributed by atoms with Crippen LogP contribution in [0, 0.1) is 5.92 Å². The molecule has 1 heterocycles. The molecule has 1 unspecified atom stereocenters. The Labute approximate surface area is 82.9 Å². The minimum Gasteiger partial charge on any atom is -0.292 e. The van der Waals surface area contributed by atoms with Crippen molar-refractivity contribution in [1.29, 1.82) is 0 Å². The van der Waals surface area contributed by atoms with Crippen LogP contribution in [0.2, 0.25) is 5.02 Å². The Morgan fingerprint density at radius 1 is 1.62 bits per heavy atom. The quantitative estimate of drug-likeness (QED) is 0.698. The average Bonchev–Trinajstić information content (AvgIpc) is 2.17. The third-order valence-corrected chi connectivity index (χ3v) is 2.26. The Hall–Kier alpha value is -0.890. The molecule has 0 aliphatic heterocycles. The van der Waals surface area contributed by atoms with E-state index in [1.54, 1.807) is 12.1 Å². The molecule has 0 N–H and O–H groups in total. The maximum Gasteiger partial charge on any atom is 0.183 e. The fraction of sp³-hybridized carbons (Fsp3) is 0.400. The summed E-state index contributed by atoms with van der Waals surface area (Å²) in [5.74, 6) is 0.118. The SMILES string of the molecule is CCC(C)C(=O)c1ccc(Cl)cn1. The first-order valence-corrected chi connectivity index (χ1v) is 4.68. The monoisotopic (exact) mass is 197 g/mol. The van der Waals surface area contributed by atoms with Crippen LogP contribution in [0.1, 0.15) is 30.8 Å². The van der Waals surface area contributed by atoms with E-state index in [1.807, 2.05) is 13.8 Å². The Morgan fingerprint density at radius 3 is 2.77 bits per heavy atom. The van der Waals surface area contributed by atoms with Gasteiger partial charge in [0.15, 0.2) is 5.78 Å². The largest absolute Gasteiger partial charge is 0.292 e. The van der Waals surface area contributed by atoms with Crippen LogP contribution in [-0.4, -0.2) is 10.8 Å². The van der Waals surface area contributed by atoms with E-state index in [-0.39, 0.29) is 11.7 Å². The molecule has 1 atom stereocenters. The molecule has 70 valence electrons. The van der Waals surface area contributed by atoms with Crippen LogP contribution >= 0.6 is 11.6 Å². The van der Waals surface area contributed by atoms with Crippen molar-refractivity contribution >= 4 is 17.4 Å². The minimum absolute atomic E-state index is 0.0358. The molecule has 0 aromatic carbocycles. The Bertz CT molecular complexity index is 294. The van der Waals surface area contributed by atoms with Crippen molar-refractivity contribution in [3.8, 4) is 0 Å². The van der Waals surface area contributed by atoms with Gasteiger partial charge in [-0.2, -0.15) is 0 Å². The molecule has 0 saturated heterocycles. The zero-order valence-electron chi connectivity index (χ0n) is 7.75. The lowest BCUT2D eigenvalue weighted by Crippen LogP contribution is -2.11. The molecular formula is C10H12ClNO. The summed E-state index contributed by atoms with van der Waals surface area (Å²) in [7, 11) is 0. The molecule has 3 heteroatoms. The maximum absolute atomic E-state index is 11.6. The molecule has 13 heavy (non-hydrogen) atoms. The average molecular weight is 198 g/mol. The molecule has 2 nitrogen and oxygen atoms in total. The third kappa shape index (κ3) is 2.52. The van der Waals surface area contributed by atoms with Crippen molar-refractivity contribution in [2.24, 2.45) is 5.92 Å². The minimum atomic E-state index is 0.0358. The summed E-state index contributed by atoms with van der Waals surface area (Å²) in [6.45, 7) is 3.89. The number of Topliss-reactive ketones (excluding diaryl/α,β-unsaturated/α-hetero) is 1. The van der Waals surface area contributed by atoms with Gasteiger partial charge < -0.3 is 0 Å². The molecule has 0 aliphatic rings. The number of carbonyl (C=O) groups is 1. The zero-order chi connectivity index (χ0) is 9.84. The molecular weight excluding hydrogens is 186 g/mol. The molecule has 0 amide bonds. The first kappa shape index (κ1) is 10.2. The summed E-state index contributed by atoms with van der Waals surface area (Å²) < 4.78 is 0. The second kappa shape index (κ2) is 4.38. The Kier molecular flexibility index (Phi) is 3.43. The number of hydrogen-bond acceptors (Lipinski definition) is 2. The first-order chi connectivity index (χ1) is 6.15. The Balaban J connectivity index is 2.83. The molecule has 0 saturated carbocycles. The van der Waals surface area contributed by atoms with Crippen molar-refractivity contribution in [2.45, 2.75) is 20.3 Å². The normalized spacial score (nSPS) is 12.5. The van der Waals surface area contributed by atoms with Crippen LogP contribution in [0.5, 0.6) is 0 Å². The van der Waals surface area contributed by atoms with Gasteiger partial charge in [-0.1, -0.05) is 25.4 Å². The second-order valence-corrected chi connectivity index (χ2v) is 3.47. The van der Waals surface area contributed by atoms with Crippen LogP contribution in [-0.2, 0) is 0 Å². The van der Waals surface area contributed by atoms with Crippen molar-refractivity contribution in [3.05, 3.63) is 29.0 Å². The number of nitrogens with zero attached hydrogens (tertiary/aromatic N) is 1. The summed E-state index contributed by atoms with van der Waals surface area (Å²) in [5, 5.41) is 0.556. The molecule has 1 aromatic rings. The van der Waals surface area contributed by atoms with E-state index in [0.717, 1.165) is 6.42 Å². The summed E-state index contributed by atoms with van der Waals surface area (Å²) in [5.41, 5.74) is 0.499. The van der Waals surface area contributed by atoms with E-state index in [0.29, 0.717) is 10.7 Å². The van der Waals surface area contributed by atoms with Crippen LogP contribution in [0.15, 0.2) is 18.3 Å². The Morgan fingerprint density at radius 2 is 2.31 bits per heavy atom. The van der Waals surface area contributed by atoms with Gasteiger partial charge in [0.2, 0.25) is 0 Å². The summed E-state index contributed by atoms with van der Waals surface area (Å²) in [6.07, 6.45) is 2.33. The van der Waals surface area contributed by atoms with Gasteiger partial charge in [0.25, 0.3) is 0 Å². The van der Waals surface area contributed by atoms with E-state index in [4.69, 9.17) is 11.6 Å². The fourth-order valence-electron chi connectivity index (χ4n) is 0.959. The third-order valence-electron chi connectivity index (χ3n) is 2.04. The molecule has 0 aliphatic carbocycles. The lowest BCUT2D eigenvalue weighted by Gasteiger charge is -2.05. The summed E-state index contributed by atoms with van der Waals surface area (Å²) >= 11 is 5.66. The van der Waals surface area contributed by atoms with Gasteiger partial charge in [0.1, 0.15) is 5.69 Å². The van der Waals surface area contributed by atoms with Gasteiger partial charge in [-0.25, -0.2) is 0 Å².